The number of benzene rings is 1. The Morgan fingerprint density at radius 1 is 1.16 bits per heavy atom. The number of rotatable bonds is 7. The van der Waals surface area contributed by atoms with Crippen LogP contribution in [-0.4, -0.2) is 53.3 Å². The minimum atomic E-state index is -0.462. The fraction of sp³-hybridized carbons (Fsp3) is 0.600. The molecule has 1 aliphatic heterocycles. The van der Waals surface area contributed by atoms with Gasteiger partial charge in [0, 0.05) is 6.04 Å². The summed E-state index contributed by atoms with van der Waals surface area (Å²) < 4.78 is 0. The maximum Gasteiger partial charge on any atom is 0.240 e. The number of nitrogens with zero attached hydrogens (tertiary/aromatic N) is 2. The first-order valence-corrected chi connectivity index (χ1v) is 9.25. The van der Waals surface area contributed by atoms with Crippen LogP contribution in [0.15, 0.2) is 30.3 Å². The molecule has 2 N–H and O–H groups in total. The van der Waals surface area contributed by atoms with Crippen molar-refractivity contribution in [1.29, 1.82) is 0 Å². The molecule has 0 saturated carbocycles. The number of hydrogen-bond donors (Lipinski definition) is 1. The summed E-state index contributed by atoms with van der Waals surface area (Å²) in [6.07, 6.45) is 3.31. The summed E-state index contributed by atoms with van der Waals surface area (Å²) in [7, 11) is 0. The number of primary amides is 1. The molecular formula is C20H31N3O2. The predicted octanol–water partition coefficient (Wildman–Crippen LogP) is 2.05. The van der Waals surface area contributed by atoms with Crippen molar-refractivity contribution in [3.05, 3.63) is 35.9 Å². The van der Waals surface area contributed by atoms with Crippen molar-refractivity contribution in [1.82, 2.24) is 9.80 Å². The first-order valence-electron chi connectivity index (χ1n) is 9.25. The second-order valence-electron chi connectivity index (χ2n) is 7.37. The van der Waals surface area contributed by atoms with E-state index in [9.17, 15) is 9.59 Å². The Labute approximate surface area is 151 Å². The lowest BCUT2D eigenvalue weighted by atomic mass is 9.89. The third kappa shape index (κ3) is 5.56. The number of amides is 2. The second kappa shape index (κ2) is 8.99. The summed E-state index contributed by atoms with van der Waals surface area (Å²) in [6, 6.07) is 10.4. The highest BCUT2D eigenvalue weighted by atomic mass is 16.2. The van der Waals surface area contributed by atoms with Crippen molar-refractivity contribution in [2.45, 2.75) is 52.1 Å². The lowest BCUT2D eigenvalue weighted by molar-refractivity contribution is -0.141. The molecule has 1 aromatic rings. The molecule has 0 bridgehead atoms. The smallest absolute Gasteiger partial charge is 0.240 e. The molecule has 1 saturated heterocycles. The molecule has 1 aromatic carbocycles. The molecular weight excluding hydrogens is 314 g/mol. The van der Waals surface area contributed by atoms with Crippen LogP contribution >= 0.6 is 0 Å². The number of likely N-dealkylation sites (tertiary alicyclic amines) is 1. The molecule has 0 aliphatic carbocycles. The van der Waals surface area contributed by atoms with Gasteiger partial charge in [-0.25, -0.2) is 0 Å². The lowest BCUT2D eigenvalue weighted by Gasteiger charge is -2.38. The van der Waals surface area contributed by atoms with Gasteiger partial charge in [0.05, 0.1) is 12.6 Å². The third-order valence-corrected chi connectivity index (χ3v) is 5.15. The molecule has 25 heavy (non-hydrogen) atoms. The van der Waals surface area contributed by atoms with Crippen molar-refractivity contribution in [2.24, 2.45) is 11.7 Å². The van der Waals surface area contributed by atoms with Crippen LogP contribution in [0.5, 0.6) is 0 Å². The summed E-state index contributed by atoms with van der Waals surface area (Å²) in [5.74, 6) is 0.207. The van der Waals surface area contributed by atoms with Crippen LogP contribution in [0.25, 0.3) is 0 Å². The van der Waals surface area contributed by atoms with E-state index in [0.29, 0.717) is 5.92 Å². The van der Waals surface area contributed by atoms with Gasteiger partial charge in [0.2, 0.25) is 11.8 Å². The molecule has 0 aromatic heterocycles. The maximum absolute atomic E-state index is 12.8. The zero-order chi connectivity index (χ0) is 18.4. The van der Waals surface area contributed by atoms with Gasteiger partial charge in [-0.3, -0.25) is 14.5 Å². The highest BCUT2D eigenvalue weighted by molar-refractivity contribution is 5.86. The molecule has 1 fully saturated rings. The fourth-order valence-corrected chi connectivity index (χ4v) is 3.57. The Morgan fingerprint density at radius 3 is 2.28 bits per heavy atom. The molecule has 2 rings (SSSR count). The highest BCUT2D eigenvalue weighted by Gasteiger charge is 2.30. The molecule has 5 heteroatoms. The van der Waals surface area contributed by atoms with Gasteiger partial charge < -0.3 is 10.6 Å². The van der Waals surface area contributed by atoms with Gasteiger partial charge >= 0.3 is 0 Å². The summed E-state index contributed by atoms with van der Waals surface area (Å²) in [6.45, 7) is 7.61. The van der Waals surface area contributed by atoms with Crippen LogP contribution in [0.3, 0.4) is 0 Å². The lowest BCUT2D eigenvalue weighted by Crippen LogP contribution is -2.53. The SMILES string of the molecule is CC(C(=O)N(CC(N)=O)C(C)C)N1CCC(Cc2ccccc2)CC1. The van der Waals surface area contributed by atoms with Gasteiger partial charge in [-0.2, -0.15) is 0 Å². The summed E-state index contributed by atoms with van der Waals surface area (Å²) >= 11 is 0. The molecule has 1 atom stereocenters. The molecule has 0 spiro atoms. The number of carbonyl (C=O) groups is 2. The second-order valence-corrected chi connectivity index (χ2v) is 7.37. The van der Waals surface area contributed by atoms with E-state index in [4.69, 9.17) is 5.73 Å². The van der Waals surface area contributed by atoms with Gasteiger partial charge in [0.1, 0.15) is 0 Å². The van der Waals surface area contributed by atoms with Crippen molar-refractivity contribution < 1.29 is 9.59 Å². The van der Waals surface area contributed by atoms with E-state index in [1.807, 2.05) is 26.8 Å². The van der Waals surface area contributed by atoms with E-state index in [0.717, 1.165) is 32.4 Å². The van der Waals surface area contributed by atoms with Crippen LogP contribution in [0, 0.1) is 5.92 Å². The van der Waals surface area contributed by atoms with Crippen LogP contribution in [0.4, 0.5) is 0 Å². The molecule has 1 unspecified atom stereocenters. The Morgan fingerprint density at radius 2 is 1.76 bits per heavy atom. The van der Waals surface area contributed by atoms with Crippen LogP contribution in [0.2, 0.25) is 0 Å². The van der Waals surface area contributed by atoms with Gasteiger partial charge in [-0.15, -0.1) is 0 Å². The zero-order valence-corrected chi connectivity index (χ0v) is 15.6. The highest BCUT2D eigenvalue weighted by Crippen LogP contribution is 2.23. The van der Waals surface area contributed by atoms with E-state index >= 15 is 0 Å². The van der Waals surface area contributed by atoms with E-state index in [1.54, 1.807) is 4.90 Å². The van der Waals surface area contributed by atoms with Gasteiger partial charge in [-0.1, -0.05) is 30.3 Å². The van der Waals surface area contributed by atoms with Crippen LogP contribution in [0.1, 0.15) is 39.2 Å². The van der Waals surface area contributed by atoms with Gasteiger partial charge in [-0.05, 0) is 64.6 Å². The van der Waals surface area contributed by atoms with Gasteiger partial charge in [0.25, 0.3) is 0 Å². The fourth-order valence-electron chi connectivity index (χ4n) is 3.57. The first-order chi connectivity index (χ1) is 11.9. The average molecular weight is 345 g/mol. The number of nitrogens with two attached hydrogens (primary N) is 1. The number of carbonyl (C=O) groups excluding carboxylic acids is 2. The zero-order valence-electron chi connectivity index (χ0n) is 15.6. The molecule has 0 radical (unpaired) electrons. The summed E-state index contributed by atoms with van der Waals surface area (Å²) in [5, 5.41) is 0. The Kier molecular flexibility index (Phi) is 7.00. The van der Waals surface area contributed by atoms with E-state index in [1.165, 1.54) is 5.56 Å². The Balaban J connectivity index is 1.88. The van der Waals surface area contributed by atoms with Gasteiger partial charge in [0.15, 0.2) is 0 Å². The Hall–Kier alpha value is -1.88. The number of piperidine rings is 1. The largest absolute Gasteiger partial charge is 0.368 e. The van der Waals surface area contributed by atoms with E-state index in [2.05, 4.69) is 29.2 Å². The molecule has 5 nitrogen and oxygen atoms in total. The van der Waals surface area contributed by atoms with Crippen LogP contribution in [-0.2, 0) is 16.0 Å². The molecule has 2 amide bonds. The number of hydrogen-bond acceptors (Lipinski definition) is 3. The van der Waals surface area contributed by atoms with Crippen LogP contribution < -0.4 is 5.73 Å². The van der Waals surface area contributed by atoms with Crippen molar-refractivity contribution in [3.8, 4) is 0 Å². The average Bonchev–Trinajstić information content (AvgIpc) is 2.59. The first kappa shape index (κ1) is 19.4. The summed E-state index contributed by atoms with van der Waals surface area (Å²) in [5.41, 5.74) is 6.68. The van der Waals surface area contributed by atoms with E-state index < -0.39 is 5.91 Å². The summed E-state index contributed by atoms with van der Waals surface area (Å²) in [4.78, 5) is 27.8. The predicted molar refractivity (Wildman–Crippen MR) is 99.9 cm³/mol. The Bertz CT molecular complexity index is 566. The topological polar surface area (TPSA) is 66.6 Å². The van der Waals surface area contributed by atoms with Crippen molar-refractivity contribution >= 4 is 11.8 Å². The standard InChI is InChI=1S/C20H31N3O2/c1-15(2)23(14-19(21)24)20(25)16(3)22-11-9-18(10-12-22)13-17-7-5-4-6-8-17/h4-8,15-16,18H,9-14H2,1-3H3,(H2,21,24). The van der Waals surface area contributed by atoms with Crippen molar-refractivity contribution in [2.75, 3.05) is 19.6 Å². The molecule has 1 aliphatic rings. The minimum Gasteiger partial charge on any atom is -0.368 e. The minimum absolute atomic E-state index is 0.00434. The molecule has 138 valence electrons. The van der Waals surface area contributed by atoms with Crippen molar-refractivity contribution in [3.63, 3.8) is 0 Å². The normalized spacial score (nSPS) is 17.4. The van der Waals surface area contributed by atoms with E-state index in [-0.39, 0.29) is 24.5 Å². The maximum atomic E-state index is 12.8. The molecule has 1 heterocycles. The third-order valence-electron chi connectivity index (χ3n) is 5.15. The monoisotopic (exact) mass is 345 g/mol. The quantitative estimate of drug-likeness (QED) is 0.822.